The first-order chi connectivity index (χ1) is 21.9. The molecule has 46 heavy (non-hydrogen) atoms. The molecule has 7 aromatic rings. The van der Waals surface area contributed by atoms with Gasteiger partial charge in [-0.05, 0) is 56.7 Å². The van der Waals surface area contributed by atoms with Crippen molar-refractivity contribution < 1.29 is 26.2 Å². The molecule has 3 aromatic heterocycles. The van der Waals surface area contributed by atoms with Gasteiger partial charge in [0.2, 0.25) is 0 Å². The maximum atomic E-state index is 8.36. The summed E-state index contributed by atoms with van der Waals surface area (Å²) >= 11 is 0.00788. The quantitative estimate of drug-likeness (QED) is 0.128. The Labute approximate surface area is 294 Å². The molecule has 235 valence electrons. The molecule has 3 heterocycles. The molecule has 3 nitrogen and oxygen atoms in total. The summed E-state index contributed by atoms with van der Waals surface area (Å²) in [5.74, 6) is 7.40. The van der Waals surface area contributed by atoms with Crippen LogP contribution < -0.4 is 9.13 Å². The normalized spacial score (nSPS) is 11.9. The van der Waals surface area contributed by atoms with Crippen LogP contribution in [0.4, 0.5) is 0 Å². The number of aryl methyl sites for hydroxylation is 1. The largest absolute Gasteiger partial charge is 0.497 e. The molecule has 0 aliphatic carbocycles. The molecule has 7 rings (SSSR count). The topological polar surface area (TPSA) is 35.0 Å². The first-order valence-electron chi connectivity index (χ1n) is 15.7. The standard InChI is InChI=1S/C25H20NOS.C15H18GeN.Ir/c1-15(2)16-11-12-26-23(14-16)22-6-4-5-20-21-9-7-17-13-18(27-3)8-10-19(17)24(21)28-25(20)22;1-12-10-15(13-8-6-5-7-9-13)17-11-14(12)16(2,3)4;/h4-5,7-15H,1-3H3;5-8,10-11H,1-4H3;/q2*-1;/i15D;;. The van der Waals surface area contributed by atoms with Crippen LogP contribution in [0.15, 0.2) is 97.3 Å². The van der Waals surface area contributed by atoms with Crippen molar-refractivity contribution in [3.63, 3.8) is 0 Å². The predicted octanol–water partition coefficient (Wildman–Crippen LogP) is 10.6. The zero-order chi connectivity index (χ0) is 32.6. The molecule has 0 spiro atoms. The Kier molecular flexibility index (Phi) is 10.1. The van der Waals surface area contributed by atoms with Crippen molar-refractivity contribution in [3.05, 3.63) is 121 Å². The summed E-state index contributed by atoms with van der Waals surface area (Å²) in [5, 5.41) is 4.86. The molecule has 0 saturated heterocycles. The van der Waals surface area contributed by atoms with E-state index >= 15 is 0 Å². The van der Waals surface area contributed by atoms with Crippen LogP contribution in [0.5, 0.6) is 5.75 Å². The summed E-state index contributed by atoms with van der Waals surface area (Å²) in [7, 11) is 1.69. The molecule has 4 aromatic carbocycles. The second-order valence-corrected chi connectivity index (χ2v) is 24.2. The zero-order valence-corrected chi connectivity index (χ0v) is 32.6. The van der Waals surface area contributed by atoms with E-state index in [0.717, 1.165) is 33.8 Å². The molecular formula is C40H38GeIrN2OS-2. The van der Waals surface area contributed by atoms with E-state index in [1.807, 2.05) is 56.3 Å². The zero-order valence-electron chi connectivity index (χ0n) is 28.3. The van der Waals surface area contributed by atoms with E-state index in [1.165, 1.54) is 40.9 Å². The fourth-order valence-corrected chi connectivity index (χ4v) is 10.7. The molecule has 6 heteroatoms. The Morgan fingerprint density at radius 2 is 1.61 bits per heavy atom. The van der Waals surface area contributed by atoms with E-state index in [4.69, 9.17) is 6.11 Å². The van der Waals surface area contributed by atoms with Gasteiger partial charge in [0.25, 0.3) is 0 Å². The molecule has 0 unspecified atom stereocenters. The second-order valence-electron chi connectivity index (χ2n) is 12.6. The van der Waals surface area contributed by atoms with E-state index < -0.39 is 19.2 Å². The molecule has 1 radical (unpaired) electrons. The number of nitrogens with zero attached hydrogens (tertiary/aromatic N) is 2. The average Bonchev–Trinajstić information content (AvgIpc) is 3.43. The predicted molar refractivity (Wildman–Crippen MR) is 196 cm³/mol. The van der Waals surface area contributed by atoms with Crippen molar-refractivity contribution in [2.75, 3.05) is 7.11 Å². The van der Waals surface area contributed by atoms with Gasteiger partial charge in [0.1, 0.15) is 5.75 Å². The molecule has 0 fully saturated rings. The first kappa shape index (κ1) is 32.6. The van der Waals surface area contributed by atoms with Crippen LogP contribution in [0.2, 0.25) is 17.3 Å². The smallest absolute Gasteiger partial charge is 0.119 e. The van der Waals surface area contributed by atoms with Crippen molar-refractivity contribution in [3.8, 4) is 28.3 Å². The minimum atomic E-state index is -1.77. The van der Waals surface area contributed by atoms with Gasteiger partial charge < -0.3 is 9.72 Å². The fourth-order valence-electron chi connectivity index (χ4n) is 5.74. The number of fused-ring (bicyclic) bond motifs is 5. The van der Waals surface area contributed by atoms with Crippen LogP contribution in [0.3, 0.4) is 0 Å². The summed E-state index contributed by atoms with van der Waals surface area (Å²) in [6.07, 6.45) is 3.87. The summed E-state index contributed by atoms with van der Waals surface area (Å²) in [6.45, 7) is 5.99. The molecular weight excluding hydrogens is 821 g/mol. The number of rotatable bonds is 5. The van der Waals surface area contributed by atoms with E-state index in [9.17, 15) is 0 Å². The Balaban J connectivity index is 0.000000207. The van der Waals surface area contributed by atoms with E-state index in [0.29, 0.717) is 0 Å². The number of benzene rings is 4. The maximum absolute atomic E-state index is 8.36. The molecule has 0 amide bonds. The average molecular weight is 861 g/mol. The fraction of sp³-hybridized carbons (Fsp3) is 0.200. The SMILES string of the molecule is Cc1cc(-c2[c-]cccc2)nc[c]1[Ge]([CH3])([CH3])[CH3].[2H]C(C)(C)c1ccnc(-c2[c-]ccc3c2sc2c4ccc(OC)cc4ccc32)c1.[Ir]. The Hall–Kier alpha value is -3.35. The van der Waals surface area contributed by atoms with E-state index in [1.54, 1.807) is 24.6 Å². The minimum Gasteiger partial charge on any atom is -0.497 e. The second kappa shape index (κ2) is 14.2. The summed E-state index contributed by atoms with van der Waals surface area (Å²) < 4.78 is 17.7. The Morgan fingerprint density at radius 1 is 0.826 bits per heavy atom. The minimum absolute atomic E-state index is 0. The van der Waals surface area contributed by atoms with Gasteiger partial charge in [-0.3, -0.25) is 0 Å². The number of methoxy groups -OCH3 is 1. The van der Waals surface area contributed by atoms with Gasteiger partial charge in [0.15, 0.2) is 0 Å². The van der Waals surface area contributed by atoms with Gasteiger partial charge in [-0.1, -0.05) is 43.0 Å². The molecule has 0 N–H and O–H groups in total. The van der Waals surface area contributed by atoms with Crippen LogP contribution in [-0.2, 0) is 20.1 Å². The van der Waals surface area contributed by atoms with Crippen LogP contribution in [-0.4, -0.2) is 30.3 Å². The molecule has 0 saturated carbocycles. The summed E-state index contributed by atoms with van der Waals surface area (Å²) in [5.41, 5.74) is 6.29. The molecule has 0 aliphatic heterocycles. The van der Waals surface area contributed by atoms with Gasteiger partial charge in [-0.2, -0.15) is 11.3 Å². The maximum Gasteiger partial charge on any atom is 0.119 e. The Bertz CT molecular complexity index is 2190. The number of thiophene rings is 1. The first-order valence-corrected chi connectivity index (χ1v) is 23.3. The van der Waals surface area contributed by atoms with Crippen molar-refractivity contribution in [1.82, 2.24) is 9.97 Å². The number of hydrogen-bond donors (Lipinski definition) is 0. The van der Waals surface area contributed by atoms with Crippen molar-refractivity contribution >= 4 is 59.9 Å². The Morgan fingerprint density at radius 3 is 2.30 bits per heavy atom. The number of aromatic nitrogens is 2. The number of ether oxygens (including phenoxy) is 1. The van der Waals surface area contributed by atoms with E-state index in [-0.39, 0.29) is 20.1 Å². The van der Waals surface area contributed by atoms with Crippen LogP contribution in [0.1, 0.15) is 32.2 Å². The van der Waals surface area contributed by atoms with E-state index in [2.05, 4.69) is 95.0 Å². The summed E-state index contributed by atoms with van der Waals surface area (Å²) in [6, 6.07) is 35.4. The van der Waals surface area contributed by atoms with Gasteiger partial charge in [0, 0.05) is 32.4 Å². The molecule has 0 aliphatic rings. The number of hydrogen-bond acceptors (Lipinski definition) is 4. The molecule has 0 atom stereocenters. The van der Waals surface area contributed by atoms with Crippen molar-refractivity contribution in [2.45, 2.75) is 43.9 Å². The van der Waals surface area contributed by atoms with Crippen LogP contribution in [0.25, 0.3) is 53.5 Å². The third-order valence-corrected chi connectivity index (χ3v) is 13.9. The molecule has 0 bridgehead atoms. The van der Waals surface area contributed by atoms with Gasteiger partial charge in [0.05, 0.1) is 7.11 Å². The summed E-state index contributed by atoms with van der Waals surface area (Å²) in [4.78, 5) is 9.20. The number of pyridine rings is 2. The van der Waals surface area contributed by atoms with Gasteiger partial charge in [-0.15, -0.1) is 23.8 Å². The van der Waals surface area contributed by atoms with Gasteiger partial charge >= 0.3 is 106 Å². The monoisotopic (exact) mass is 862 g/mol. The van der Waals surface area contributed by atoms with Crippen molar-refractivity contribution in [1.29, 1.82) is 0 Å². The third kappa shape index (κ3) is 6.99. The van der Waals surface area contributed by atoms with Crippen LogP contribution >= 0.6 is 11.3 Å². The van der Waals surface area contributed by atoms with Crippen molar-refractivity contribution in [2.24, 2.45) is 0 Å². The van der Waals surface area contributed by atoms with Crippen LogP contribution in [0, 0.1) is 19.1 Å². The third-order valence-electron chi connectivity index (χ3n) is 8.12. The van der Waals surface area contributed by atoms with Gasteiger partial charge in [-0.25, -0.2) is 0 Å².